The maximum Gasteiger partial charge on any atom is 0.433 e. The highest BCUT2D eigenvalue weighted by Gasteiger charge is 2.42. The summed E-state index contributed by atoms with van der Waals surface area (Å²) in [7, 11) is 0. The van der Waals surface area contributed by atoms with Crippen molar-refractivity contribution in [1.82, 2.24) is 19.6 Å². The van der Waals surface area contributed by atoms with Crippen LogP contribution in [-0.4, -0.2) is 26.1 Å². The zero-order valence-electron chi connectivity index (χ0n) is 13.3. The summed E-state index contributed by atoms with van der Waals surface area (Å²) in [5, 5.41) is 7.09. The molecule has 4 rings (SSSR count). The van der Waals surface area contributed by atoms with Crippen LogP contribution in [0.25, 0.3) is 5.78 Å². The van der Waals surface area contributed by atoms with Crippen LogP contribution in [0.15, 0.2) is 42.7 Å². The number of benzene rings is 1. The third-order valence-electron chi connectivity index (χ3n) is 4.57. The molecule has 0 amide bonds. The van der Waals surface area contributed by atoms with Crippen molar-refractivity contribution in [3.8, 4) is 0 Å². The molecule has 0 aliphatic heterocycles. The molecule has 1 aliphatic carbocycles. The first-order chi connectivity index (χ1) is 12.0. The van der Waals surface area contributed by atoms with Crippen molar-refractivity contribution < 1.29 is 13.2 Å². The average Bonchev–Trinajstić information content (AvgIpc) is 3.16. The Bertz CT molecular complexity index is 884. The Morgan fingerprint density at radius 1 is 1.16 bits per heavy atom. The summed E-state index contributed by atoms with van der Waals surface area (Å²) in [6.45, 7) is 0.582. The quantitative estimate of drug-likeness (QED) is 0.766. The number of anilines is 1. The van der Waals surface area contributed by atoms with E-state index in [-0.39, 0.29) is 17.0 Å². The monoisotopic (exact) mass is 347 g/mol. The second-order valence-electron chi connectivity index (χ2n) is 6.51. The molecule has 1 N–H and O–H groups in total. The van der Waals surface area contributed by atoms with E-state index in [1.807, 2.05) is 18.2 Å². The standard InChI is InChI=1S/C17H16F3N5/c18-17(19,20)13-8-14(25-15(24-13)22-11-23-25)21-10-16(6-7-16)9-12-4-2-1-3-5-12/h1-5,8,11,21H,6-7,9-10H2. The van der Waals surface area contributed by atoms with Gasteiger partial charge in [0.15, 0.2) is 5.69 Å². The van der Waals surface area contributed by atoms with Crippen LogP contribution in [0.2, 0.25) is 0 Å². The van der Waals surface area contributed by atoms with Crippen LogP contribution >= 0.6 is 0 Å². The molecule has 25 heavy (non-hydrogen) atoms. The summed E-state index contributed by atoms with van der Waals surface area (Å²) < 4.78 is 40.4. The predicted octanol–water partition coefficient (Wildman–Crippen LogP) is 3.58. The Labute approximate surface area is 141 Å². The van der Waals surface area contributed by atoms with Gasteiger partial charge < -0.3 is 5.32 Å². The Morgan fingerprint density at radius 3 is 2.60 bits per heavy atom. The minimum absolute atomic E-state index is 0.0646. The molecule has 0 bridgehead atoms. The summed E-state index contributed by atoms with van der Waals surface area (Å²) in [6.07, 6.45) is -0.326. The topological polar surface area (TPSA) is 55.1 Å². The first-order valence-electron chi connectivity index (χ1n) is 8.01. The first-order valence-corrected chi connectivity index (χ1v) is 8.01. The summed E-state index contributed by atoms with van der Waals surface area (Å²) in [5.74, 6) is 0.194. The van der Waals surface area contributed by atoms with E-state index in [9.17, 15) is 13.2 Å². The van der Waals surface area contributed by atoms with Gasteiger partial charge in [0.2, 0.25) is 0 Å². The molecular formula is C17H16F3N5. The minimum atomic E-state index is -4.52. The Hall–Kier alpha value is -2.64. The molecule has 0 spiro atoms. The summed E-state index contributed by atoms with van der Waals surface area (Å²) in [6, 6.07) is 11.1. The second kappa shape index (κ2) is 5.72. The fourth-order valence-corrected chi connectivity index (χ4v) is 2.98. The molecular weight excluding hydrogens is 331 g/mol. The predicted molar refractivity (Wildman–Crippen MR) is 86.1 cm³/mol. The van der Waals surface area contributed by atoms with Crippen molar-refractivity contribution in [2.24, 2.45) is 5.41 Å². The van der Waals surface area contributed by atoms with E-state index in [0.717, 1.165) is 25.3 Å². The highest BCUT2D eigenvalue weighted by molar-refractivity contribution is 5.46. The fraction of sp³-hybridized carbons (Fsp3) is 0.353. The van der Waals surface area contributed by atoms with Crippen LogP contribution in [0.1, 0.15) is 24.1 Å². The smallest absolute Gasteiger partial charge is 0.369 e. The normalized spacial score (nSPS) is 16.1. The van der Waals surface area contributed by atoms with Gasteiger partial charge in [-0.3, -0.25) is 0 Å². The molecule has 0 unspecified atom stereocenters. The zero-order valence-corrected chi connectivity index (χ0v) is 13.3. The van der Waals surface area contributed by atoms with Crippen molar-refractivity contribution in [3.63, 3.8) is 0 Å². The first kappa shape index (κ1) is 15.9. The van der Waals surface area contributed by atoms with Crippen LogP contribution < -0.4 is 5.32 Å². The lowest BCUT2D eigenvalue weighted by molar-refractivity contribution is -0.141. The van der Waals surface area contributed by atoms with E-state index in [0.29, 0.717) is 6.54 Å². The molecule has 5 nitrogen and oxygen atoms in total. The molecule has 1 aliphatic rings. The van der Waals surface area contributed by atoms with Gasteiger partial charge in [0.1, 0.15) is 12.1 Å². The number of alkyl halides is 3. The lowest BCUT2D eigenvalue weighted by Crippen LogP contribution is -2.20. The maximum atomic E-state index is 13.0. The summed E-state index contributed by atoms with van der Waals surface area (Å²) in [5.41, 5.74) is 0.345. The molecule has 3 aromatic rings. The van der Waals surface area contributed by atoms with E-state index in [2.05, 4.69) is 32.5 Å². The van der Waals surface area contributed by atoms with Crippen LogP contribution in [0.4, 0.5) is 19.0 Å². The SMILES string of the molecule is FC(F)(F)c1cc(NCC2(Cc3ccccc3)CC2)n2ncnc2n1. The van der Waals surface area contributed by atoms with Crippen LogP contribution in [0.3, 0.4) is 0 Å². The third kappa shape index (κ3) is 3.29. The fourth-order valence-electron chi connectivity index (χ4n) is 2.98. The number of hydrogen-bond acceptors (Lipinski definition) is 4. The van der Waals surface area contributed by atoms with Gasteiger partial charge in [0, 0.05) is 12.6 Å². The van der Waals surface area contributed by atoms with Gasteiger partial charge in [-0.25, -0.2) is 4.98 Å². The molecule has 0 atom stereocenters. The van der Waals surface area contributed by atoms with Gasteiger partial charge in [-0.1, -0.05) is 30.3 Å². The third-order valence-corrected chi connectivity index (χ3v) is 4.57. The van der Waals surface area contributed by atoms with E-state index in [1.54, 1.807) is 0 Å². The molecule has 2 aromatic heterocycles. The zero-order chi connectivity index (χ0) is 17.5. The van der Waals surface area contributed by atoms with Crippen LogP contribution in [-0.2, 0) is 12.6 Å². The molecule has 2 heterocycles. The van der Waals surface area contributed by atoms with Crippen molar-refractivity contribution in [3.05, 3.63) is 54.0 Å². The molecule has 8 heteroatoms. The van der Waals surface area contributed by atoms with E-state index < -0.39 is 11.9 Å². The number of nitrogens with zero attached hydrogens (tertiary/aromatic N) is 4. The van der Waals surface area contributed by atoms with Crippen LogP contribution in [0.5, 0.6) is 0 Å². The lowest BCUT2D eigenvalue weighted by atomic mass is 9.96. The van der Waals surface area contributed by atoms with E-state index in [1.165, 1.54) is 16.4 Å². The van der Waals surface area contributed by atoms with Crippen LogP contribution in [0, 0.1) is 5.41 Å². The Balaban J connectivity index is 1.56. The van der Waals surface area contributed by atoms with Gasteiger partial charge in [-0.05, 0) is 30.2 Å². The van der Waals surface area contributed by atoms with Crippen molar-refractivity contribution >= 4 is 11.6 Å². The number of hydrogen-bond donors (Lipinski definition) is 1. The summed E-state index contributed by atoms with van der Waals surface area (Å²) >= 11 is 0. The second-order valence-corrected chi connectivity index (χ2v) is 6.51. The Kier molecular flexibility index (Phi) is 3.63. The van der Waals surface area contributed by atoms with E-state index >= 15 is 0 Å². The molecule has 0 saturated heterocycles. The lowest BCUT2D eigenvalue weighted by Gasteiger charge is -2.18. The van der Waals surface area contributed by atoms with Gasteiger partial charge in [0.25, 0.3) is 5.78 Å². The maximum absolute atomic E-state index is 13.0. The van der Waals surface area contributed by atoms with Crippen molar-refractivity contribution in [1.29, 1.82) is 0 Å². The largest absolute Gasteiger partial charge is 0.433 e. The van der Waals surface area contributed by atoms with E-state index in [4.69, 9.17) is 0 Å². The Morgan fingerprint density at radius 2 is 1.92 bits per heavy atom. The number of aromatic nitrogens is 4. The molecule has 130 valence electrons. The highest BCUT2D eigenvalue weighted by Crippen LogP contribution is 2.48. The highest BCUT2D eigenvalue weighted by atomic mass is 19.4. The molecule has 1 saturated carbocycles. The van der Waals surface area contributed by atoms with Gasteiger partial charge >= 0.3 is 6.18 Å². The van der Waals surface area contributed by atoms with Gasteiger partial charge in [-0.15, -0.1) is 0 Å². The number of rotatable bonds is 5. The van der Waals surface area contributed by atoms with Gasteiger partial charge in [0.05, 0.1) is 0 Å². The number of fused-ring (bicyclic) bond motifs is 1. The number of nitrogens with one attached hydrogen (secondary N) is 1. The number of halogens is 3. The average molecular weight is 347 g/mol. The van der Waals surface area contributed by atoms with Gasteiger partial charge in [-0.2, -0.15) is 27.8 Å². The van der Waals surface area contributed by atoms with Crippen molar-refractivity contribution in [2.75, 3.05) is 11.9 Å². The summed E-state index contributed by atoms with van der Waals surface area (Å²) in [4.78, 5) is 7.30. The molecule has 1 fully saturated rings. The molecule has 0 radical (unpaired) electrons. The minimum Gasteiger partial charge on any atom is -0.369 e. The molecule has 1 aromatic carbocycles. The van der Waals surface area contributed by atoms with Crippen molar-refractivity contribution in [2.45, 2.75) is 25.4 Å².